The maximum absolute atomic E-state index is 15.2. The number of thiol groups is 2. The summed E-state index contributed by atoms with van der Waals surface area (Å²) in [6.45, 7) is -0.261. The minimum absolute atomic E-state index is 0.280. The Labute approximate surface area is 288 Å². The van der Waals surface area contributed by atoms with Gasteiger partial charge in [0.15, 0.2) is 71.0 Å². The lowest BCUT2D eigenvalue weighted by Crippen LogP contribution is -2.31. The largest absolute Gasteiger partial charge is 0.582 e. The summed E-state index contributed by atoms with van der Waals surface area (Å²) in [6, 6.07) is 0. The van der Waals surface area contributed by atoms with Crippen LogP contribution in [-0.2, 0) is 27.7 Å². The molecule has 0 spiro atoms. The van der Waals surface area contributed by atoms with E-state index in [0.717, 1.165) is 0 Å². The highest BCUT2D eigenvalue weighted by atomic mass is 32.7. The van der Waals surface area contributed by atoms with Crippen LogP contribution in [0.25, 0.3) is 22.3 Å². The van der Waals surface area contributed by atoms with Gasteiger partial charge in [-0.15, -0.1) is 9.05 Å². The van der Waals surface area contributed by atoms with Crippen LogP contribution in [0.15, 0.2) is 37.5 Å². The van der Waals surface area contributed by atoms with Crippen LogP contribution in [0.2, 0.25) is 0 Å². The van der Waals surface area contributed by atoms with Crippen LogP contribution < -0.4 is 10.6 Å². The van der Waals surface area contributed by atoms with Crippen LogP contribution in [-0.4, -0.2) is 112 Å². The van der Waals surface area contributed by atoms with Gasteiger partial charge in [-0.3, -0.25) is 9.13 Å². The van der Waals surface area contributed by atoms with E-state index in [9.17, 15) is 19.3 Å². The SMILES string of the molecule is O=[P+](S)OC1C(CO)OC(n2cnc3c(NC/C=C/CCNc4ncnc5c4ncn5C4O[C@H](CO)[C@@H](O[P+](=O)S)[C@H]4F)ncnc32)[C@@H]1F. The van der Waals surface area contributed by atoms with Gasteiger partial charge in [-0.25, -0.2) is 38.7 Å². The van der Waals surface area contributed by atoms with Gasteiger partial charge in [-0.1, -0.05) is 12.2 Å². The number of aliphatic hydroxyl groups is 2. The van der Waals surface area contributed by atoms with Gasteiger partial charge in [0, 0.05) is 13.1 Å². The van der Waals surface area contributed by atoms with E-state index >= 15 is 8.78 Å². The summed E-state index contributed by atoms with van der Waals surface area (Å²) in [7, 11) is -4.85. The summed E-state index contributed by atoms with van der Waals surface area (Å²) >= 11 is 7.35. The first-order valence-electron chi connectivity index (χ1n) is 14.7. The number of rotatable bonds is 15. The summed E-state index contributed by atoms with van der Waals surface area (Å²) in [5, 5.41) is 25.5. The van der Waals surface area contributed by atoms with E-state index in [0.29, 0.717) is 42.2 Å². The van der Waals surface area contributed by atoms with Crippen molar-refractivity contribution in [3.8, 4) is 0 Å². The summed E-state index contributed by atoms with van der Waals surface area (Å²) in [4.78, 5) is 25.5. The van der Waals surface area contributed by atoms with E-state index in [1.54, 1.807) is 0 Å². The Kier molecular flexibility index (Phi) is 11.6. The summed E-state index contributed by atoms with van der Waals surface area (Å²) in [6.07, 6.45) is -1.06. The zero-order valence-electron chi connectivity index (χ0n) is 25.1. The third-order valence-electron chi connectivity index (χ3n) is 7.74. The molecule has 4 aromatic rings. The van der Waals surface area contributed by atoms with E-state index in [4.69, 9.17) is 18.5 Å². The number of nitrogens with one attached hydrogen (secondary N) is 2. The van der Waals surface area contributed by atoms with Gasteiger partial charge < -0.3 is 30.3 Å². The second kappa shape index (κ2) is 15.9. The highest BCUT2D eigenvalue weighted by Crippen LogP contribution is 2.42. The normalized spacial score (nSPS) is 27.8. The van der Waals surface area contributed by atoms with Crippen LogP contribution in [0.1, 0.15) is 18.9 Å². The number of fused-ring (bicyclic) bond motifs is 2. The molecule has 4 aromatic heterocycles. The molecular weight excluding hydrogens is 732 g/mol. The first kappa shape index (κ1) is 35.8. The maximum atomic E-state index is 15.2. The number of ether oxygens (including phenoxy) is 2. The highest BCUT2D eigenvalue weighted by Gasteiger charge is 2.52. The third-order valence-corrected chi connectivity index (χ3v) is 9.15. The van der Waals surface area contributed by atoms with Crippen LogP contribution in [0.3, 0.4) is 0 Å². The van der Waals surface area contributed by atoms with Gasteiger partial charge >= 0.3 is 14.5 Å². The molecule has 2 aliphatic rings. The number of nitrogens with zero attached hydrogens (tertiary/aromatic N) is 8. The monoisotopic (exact) mass is 762 g/mol. The van der Waals surface area contributed by atoms with Crippen molar-refractivity contribution in [2.24, 2.45) is 0 Å². The van der Waals surface area contributed by atoms with E-state index in [1.807, 2.05) is 12.2 Å². The highest BCUT2D eigenvalue weighted by molar-refractivity contribution is 8.39. The molecule has 18 nitrogen and oxygen atoms in total. The molecule has 4 N–H and O–H groups in total. The van der Waals surface area contributed by atoms with Gasteiger partial charge in [0.05, 0.1) is 25.9 Å². The zero-order chi connectivity index (χ0) is 34.7. The fraction of sp³-hybridized carbons (Fsp3) is 0.520. The summed E-state index contributed by atoms with van der Waals surface area (Å²) < 4.78 is 77.4. The molecule has 0 aromatic carbocycles. The molecule has 0 aliphatic carbocycles. The molecule has 49 heavy (non-hydrogen) atoms. The number of aliphatic hydroxyl groups excluding tert-OH is 2. The molecule has 2 fully saturated rings. The van der Waals surface area contributed by atoms with Crippen molar-refractivity contribution < 1.29 is 46.6 Å². The van der Waals surface area contributed by atoms with Gasteiger partial charge in [0.2, 0.25) is 0 Å². The second-order valence-electron chi connectivity index (χ2n) is 10.7. The molecule has 24 heteroatoms. The molecule has 0 saturated carbocycles. The van der Waals surface area contributed by atoms with Crippen LogP contribution in [0, 0.1) is 0 Å². The Morgan fingerprint density at radius 2 is 1.29 bits per heavy atom. The molecule has 6 heterocycles. The lowest BCUT2D eigenvalue weighted by atomic mass is 10.1. The maximum Gasteiger partial charge on any atom is 0.582 e. The molecular formula is C25H30F2N10O8P2S2+2. The smallest absolute Gasteiger partial charge is 0.394 e. The number of hydrogen-bond acceptors (Lipinski definition) is 16. The van der Waals surface area contributed by atoms with Gasteiger partial charge in [0.1, 0.15) is 49.4 Å². The molecule has 262 valence electrons. The summed E-state index contributed by atoms with van der Waals surface area (Å²) in [5.41, 5.74) is 1.30. The Balaban J connectivity index is 1.03. The van der Waals surface area contributed by atoms with Gasteiger partial charge in [-0.2, -0.15) is 0 Å². The molecule has 10 atom stereocenters. The standard InChI is InChI=1S/C25H28F2N10O8P2S2/c26-14-18(44-46(40)48)12(6-38)42-24(14)36-10-34-16-20(30-8-32-22(16)36)28-4-2-1-3-5-29-21-17-23(33-9-31-21)37(11-35-17)25-15(27)19(45-47(41)49)13(7-39)43-25/h1-2,8-15,18-19,24-25,38-39H,3-7H2,(H2-2,28,29,30,31,32,33,40,41,48,49)/p+2/b2-1+/t12?,13-,14-,15-,18?,19-,24?,25?/m1/s1. The van der Waals surface area contributed by atoms with Crippen molar-refractivity contribution in [1.29, 1.82) is 0 Å². The minimum atomic E-state index is -2.43. The Bertz CT molecular complexity index is 1840. The first-order chi connectivity index (χ1) is 23.7. The quantitative estimate of drug-likeness (QED) is 0.0444. The molecule has 0 amide bonds. The Hall–Kier alpha value is -3.04. The number of aromatic nitrogens is 8. The van der Waals surface area contributed by atoms with Crippen LogP contribution in [0.5, 0.6) is 0 Å². The van der Waals surface area contributed by atoms with Crippen molar-refractivity contribution in [2.75, 3.05) is 36.9 Å². The van der Waals surface area contributed by atoms with Crippen LogP contribution >= 0.6 is 39.0 Å². The Morgan fingerprint density at radius 1 is 0.796 bits per heavy atom. The van der Waals surface area contributed by atoms with E-state index < -0.39 is 76.9 Å². The van der Waals surface area contributed by atoms with Gasteiger partial charge in [-0.05, 0) is 15.6 Å². The average Bonchev–Trinajstić information content (AvgIpc) is 3.85. The second-order valence-corrected chi connectivity index (χ2v) is 14.0. The number of imidazole rings is 2. The molecule has 2 aliphatic heterocycles. The predicted molar refractivity (Wildman–Crippen MR) is 176 cm³/mol. The molecule has 2 saturated heterocycles. The average molecular weight is 763 g/mol. The number of hydrogen-bond donors (Lipinski definition) is 6. The fourth-order valence-corrected chi connectivity index (χ4v) is 7.13. The van der Waals surface area contributed by atoms with Crippen molar-refractivity contribution in [3.63, 3.8) is 0 Å². The fourth-order valence-electron chi connectivity index (χ4n) is 5.56. The predicted octanol–water partition coefficient (Wildman–Crippen LogP) is 2.84. The number of anilines is 2. The third kappa shape index (κ3) is 7.53. The van der Waals surface area contributed by atoms with Gasteiger partial charge in [0.25, 0.3) is 0 Å². The lowest BCUT2D eigenvalue weighted by molar-refractivity contribution is -0.0427. The molecule has 0 radical (unpaired) electrons. The van der Waals surface area contributed by atoms with Crippen molar-refractivity contribution in [3.05, 3.63) is 37.5 Å². The van der Waals surface area contributed by atoms with E-state index in [1.165, 1.54) is 34.4 Å². The molecule has 0 bridgehead atoms. The van der Waals surface area contributed by atoms with Crippen molar-refractivity contribution in [2.45, 2.75) is 55.6 Å². The molecule has 6 unspecified atom stereocenters. The molecule has 6 rings (SSSR count). The van der Waals surface area contributed by atoms with E-state index in [-0.39, 0.29) is 11.3 Å². The summed E-state index contributed by atoms with van der Waals surface area (Å²) in [5.74, 6) is 0.810. The Morgan fingerprint density at radius 3 is 1.76 bits per heavy atom. The topological polar surface area (TPSA) is 223 Å². The lowest BCUT2D eigenvalue weighted by Gasteiger charge is -2.15. The van der Waals surface area contributed by atoms with Crippen LogP contribution in [0.4, 0.5) is 20.4 Å². The first-order valence-corrected chi connectivity index (χ1v) is 19.3. The minimum Gasteiger partial charge on any atom is -0.394 e. The van der Waals surface area contributed by atoms with Crippen molar-refractivity contribution >= 4 is 72.9 Å². The van der Waals surface area contributed by atoms with E-state index in [2.05, 4.69) is 65.0 Å². The van der Waals surface area contributed by atoms with Crippen molar-refractivity contribution in [1.82, 2.24) is 39.0 Å². The zero-order valence-corrected chi connectivity index (χ0v) is 28.7. The number of halogens is 2. The number of alkyl halides is 2.